The number of benzene rings is 1. The first-order valence-electron chi connectivity index (χ1n) is 7.42. The maximum atomic E-state index is 12.9. The maximum Gasteiger partial charge on any atom is 0.416 e. The van der Waals surface area contributed by atoms with Crippen LogP contribution in [0.5, 0.6) is 0 Å². The highest BCUT2D eigenvalue weighted by Gasteiger charge is 2.32. The molecule has 0 fully saturated rings. The number of nitrogens with two attached hydrogens (primary N) is 1. The number of amides is 1. The fraction of sp³-hybridized carbons (Fsp3) is 0.375. The lowest BCUT2D eigenvalue weighted by Crippen LogP contribution is -2.16. The van der Waals surface area contributed by atoms with Crippen molar-refractivity contribution in [1.29, 1.82) is 0 Å². The molecule has 0 bridgehead atoms. The van der Waals surface area contributed by atoms with Crippen molar-refractivity contribution in [1.82, 2.24) is 9.55 Å². The van der Waals surface area contributed by atoms with Crippen LogP contribution in [0.4, 0.5) is 13.2 Å². The van der Waals surface area contributed by atoms with Crippen molar-refractivity contribution in [2.75, 3.05) is 0 Å². The van der Waals surface area contributed by atoms with E-state index >= 15 is 0 Å². The number of imidazole rings is 1. The van der Waals surface area contributed by atoms with E-state index in [1.807, 2.05) is 0 Å². The lowest BCUT2D eigenvalue weighted by atomic mass is 10.0. The van der Waals surface area contributed by atoms with Crippen LogP contribution in [0, 0.1) is 0 Å². The number of primary amides is 1. The van der Waals surface area contributed by atoms with Crippen LogP contribution in [0.25, 0.3) is 0 Å². The molecule has 2 aromatic rings. The third-order valence-corrected chi connectivity index (χ3v) is 3.61. The molecule has 130 valence electrons. The Morgan fingerprint density at radius 3 is 2.67 bits per heavy atom. The first kappa shape index (κ1) is 18.0. The number of aromatic nitrogens is 2. The quantitative estimate of drug-likeness (QED) is 0.811. The Labute approximate surface area is 136 Å². The predicted octanol–water partition coefficient (Wildman–Crippen LogP) is 2.38. The fourth-order valence-electron chi connectivity index (χ4n) is 2.46. The number of carbonyl (C=O) groups is 1. The molecule has 2 rings (SSSR count). The van der Waals surface area contributed by atoms with E-state index in [2.05, 4.69) is 4.98 Å². The second-order valence-electron chi connectivity index (χ2n) is 5.52. The van der Waals surface area contributed by atoms with Crippen LogP contribution in [-0.4, -0.2) is 26.7 Å². The molecule has 5 nitrogen and oxygen atoms in total. The average Bonchev–Trinajstić information content (AvgIpc) is 2.95. The van der Waals surface area contributed by atoms with Crippen LogP contribution in [0.15, 0.2) is 36.8 Å². The molecular weight excluding hydrogens is 323 g/mol. The molecule has 1 heterocycles. The van der Waals surface area contributed by atoms with Gasteiger partial charge in [-0.05, 0) is 30.9 Å². The number of aliphatic hydroxyl groups excluding tert-OH is 1. The number of nitrogens with zero attached hydrogens (tertiary/aromatic N) is 2. The fourth-order valence-corrected chi connectivity index (χ4v) is 2.46. The molecular formula is C16H18F3N3O2. The van der Waals surface area contributed by atoms with E-state index in [-0.39, 0.29) is 24.2 Å². The van der Waals surface area contributed by atoms with Crippen LogP contribution < -0.4 is 5.73 Å². The minimum atomic E-state index is -4.38. The summed E-state index contributed by atoms with van der Waals surface area (Å²) >= 11 is 0. The third kappa shape index (κ3) is 4.82. The van der Waals surface area contributed by atoms with Gasteiger partial charge in [0.15, 0.2) is 0 Å². The molecule has 3 N–H and O–H groups in total. The van der Waals surface area contributed by atoms with Crippen LogP contribution in [0.2, 0.25) is 0 Å². The van der Waals surface area contributed by atoms with Crippen LogP contribution >= 0.6 is 0 Å². The summed E-state index contributed by atoms with van der Waals surface area (Å²) in [6, 6.07) is 5.43. The van der Waals surface area contributed by atoms with Crippen molar-refractivity contribution in [3.05, 3.63) is 53.6 Å². The molecule has 0 aliphatic carbocycles. The highest BCUT2D eigenvalue weighted by Crippen LogP contribution is 2.32. The van der Waals surface area contributed by atoms with Gasteiger partial charge in [0.25, 0.3) is 5.91 Å². The minimum Gasteiger partial charge on any atom is -0.391 e. The van der Waals surface area contributed by atoms with Gasteiger partial charge < -0.3 is 15.4 Å². The van der Waals surface area contributed by atoms with Crippen molar-refractivity contribution in [3.63, 3.8) is 0 Å². The Morgan fingerprint density at radius 1 is 1.33 bits per heavy atom. The highest BCUT2D eigenvalue weighted by molar-refractivity contribution is 5.90. The molecule has 8 heteroatoms. The summed E-state index contributed by atoms with van der Waals surface area (Å²) in [6.07, 6.45) is -1.37. The Bertz CT molecular complexity index is 698. The van der Waals surface area contributed by atoms with Gasteiger partial charge in [0.2, 0.25) is 0 Å². The van der Waals surface area contributed by atoms with Crippen molar-refractivity contribution in [3.8, 4) is 0 Å². The van der Waals surface area contributed by atoms with E-state index in [1.165, 1.54) is 29.2 Å². The molecule has 0 radical (unpaired) electrons. The summed E-state index contributed by atoms with van der Waals surface area (Å²) < 4.78 is 40.2. The molecule has 0 aliphatic rings. The van der Waals surface area contributed by atoms with E-state index < -0.39 is 23.8 Å². The van der Waals surface area contributed by atoms with E-state index in [0.717, 1.165) is 6.07 Å². The largest absolute Gasteiger partial charge is 0.416 e. The lowest BCUT2D eigenvalue weighted by molar-refractivity contribution is -0.138. The standard InChI is InChI=1S/C16H18F3N3O2/c17-16(18,19)13-7-2-1-4-11(13)5-3-6-12(23)8-22-9-14(15(20)24)21-10-22/h1-2,4,7,9-10,12,23H,3,5-6,8H2,(H2,20,24). The summed E-state index contributed by atoms with van der Waals surface area (Å²) in [5, 5.41) is 9.97. The van der Waals surface area contributed by atoms with Crippen LogP contribution in [-0.2, 0) is 19.1 Å². The Morgan fingerprint density at radius 2 is 2.04 bits per heavy atom. The third-order valence-electron chi connectivity index (χ3n) is 3.61. The summed E-state index contributed by atoms with van der Waals surface area (Å²) in [4.78, 5) is 14.7. The molecule has 1 amide bonds. The monoisotopic (exact) mass is 341 g/mol. The summed E-state index contributed by atoms with van der Waals surface area (Å²) in [5.74, 6) is -0.660. The zero-order valence-electron chi connectivity index (χ0n) is 12.8. The van der Waals surface area contributed by atoms with E-state index in [0.29, 0.717) is 12.8 Å². The molecule has 1 unspecified atom stereocenters. The smallest absolute Gasteiger partial charge is 0.391 e. The van der Waals surface area contributed by atoms with Gasteiger partial charge in [0, 0.05) is 12.7 Å². The van der Waals surface area contributed by atoms with Gasteiger partial charge in [0.1, 0.15) is 5.69 Å². The Kier molecular flexibility index (Phi) is 5.61. The molecule has 1 aromatic carbocycles. The maximum absolute atomic E-state index is 12.9. The Balaban J connectivity index is 1.87. The van der Waals surface area contributed by atoms with Gasteiger partial charge in [-0.3, -0.25) is 4.79 Å². The molecule has 0 saturated heterocycles. The molecule has 1 atom stereocenters. The summed E-state index contributed by atoms with van der Waals surface area (Å²) in [7, 11) is 0. The number of halogens is 3. The average molecular weight is 341 g/mol. The predicted molar refractivity (Wildman–Crippen MR) is 81.1 cm³/mol. The second-order valence-corrected chi connectivity index (χ2v) is 5.52. The van der Waals surface area contributed by atoms with Crippen LogP contribution in [0.1, 0.15) is 34.5 Å². The lowest BCUT2D eigenvalue weighted by Gasteiger charge is -2.14. The van der Waals surface area contributed by atoms with Crippen molar-refractivity contribution in [2.24, 2.45) is 5.73 Å². The van der Waals surface area contributed by atoms with Gasteiger partial charge in [-0.15, -0.1) is 0 Å². The zero-order valence-corrected chi connectivity index (χ0v) is 12.8. The van der Waals surface area contributed by atoms with Gasteiger partial charge in [-0.1, -0.05) is 18.2 Å². The van der Waals surface area contributed by atoms with Gasteiger partial charge in [-0.25, -0.2) is 4.98 Å². The molecule has 0 saturated carbocycles. The van der Waals surface area contributed by atoms with E-state index in [9.17, 15) is 23.1 Å². The van der Waals surface area contributed by atoms with Crippen molar-refractivity contribution >= 4 is 5.91 Å². The van der Waals surface area contributed by atoms with Gasteiger partial charge in [0.05, 0.1) is 18.0 Å². The van der Waals surface area contributed by atoms with Crippen LogP contribution in [0.3, 0.4) is 0 Å². The molecule has 0 aliphatic heterocycles. The van der Waals surface area contributed by atoms with Gasteiger partial charge in [-0.2, -0.15) is 13.2 Å². The van der Waals surface area contributed by atoms with Crippen molar-refractivity contribution in [2.45, 2.75) is 38.1 Å². The number of hydrogen-bond acceptors (Lipinski definition) is 3. The zero-order chi connectivity index (χ0) is 17.7. The van der Waals surface area contributed by atoms with E-state index in [4.69, 9.17) is 5.73 Å². The topological polar surface area (TPSA) is 81.1 Å². The SMILES string of the molecule is NC(=O)c1cn(CC(O)CCCc2ccccc2C(F)(F)F)cn1. The number of alkyl halides is 3. The first-order chi connectivity index (χ1) is 11.3. The summed E-state index contributed by atoms with van der Waals surface area (Å²) in [5.41, 5.74) is 4.76. The minimum absolute atomic E-state index is 0.0984. The number of hydrogen-bond donors (Lipinski definition) is 2. The Hall–Kier alpha value is -2.35. The number of carbonyl (C=O) groups excluding carboxylic acids is 1. The van der Waals surface area contributed by atoms with Crippen molar-refractivity contribution < 1.29 is 23.1 Å². The first-order valence-corrected chi connectivity index (χ1v) is 7.42. The van der Waals surface area contributed by atoms with E-state index in [1.54, 1.807) is 6.07 Å². The molecule has 1 aromatic heterocycles. The number of aliphatic hydroxyl groups is 1. The summed E-state index contributed by atoms with van der Waals surface area (Å²) in [6.45, 7) is 0.196. The second kappa shape index (κ2) is 7.48. The normalized spacial score (nSPS) is 13.0. The molecule has 0 spiro atoms. The number of rotatable bonds is 7. The highest BCUT2D eigenvalue weighted by atomic mass is 19.4. The molecule has 24 heavy (non-hydrogen) atoms. The number of aryl methyl sites for hydroxylation is 1. The van der Waals surface area contributed by atoms with Gasteiger partial charge >= 0.3 is 6.18 Å².